The molecule has 3 aromatic rings. The van der Waals surface area contributed by atoms with Crippen LogP contribution in [0.5, 0.6) is 5.75 Å². The Hall–Kier alpha value is -2.83. The fraction of sp³-hybridized carbons (Fsp3) is 0.440. The van der Waals surface area contributed by atoms with Gasteiger partial charge in [0, 0.05) is 11.4 Å². The summed E-state index contributed by atoms with van der Waals surface area (Å²) in [5, 5.41) is 22.6. The lowest BCUT2D eigenvalue weighted by molar-refractivity contribution is -0.113. The molecule has 1 aliphatic rings. The van der Waals surface area contributed by atoms with E-state index in [0.29, 0.717) is 28.9 Å². The molecule has 2 heterocycles. The van der Waals surface area contributed by atoms with E-state index in [2.05, 4.69) is 21.6 Å². The monoisotopic (exact) mass is 495 g/mol. The van der Waals surface area contributed by atoms with Crippen LogP contribution in [0.3, 0.4) is 0 Å². The number of amides is 1. The maximum Gasteiger partial charge on any atom is 0.235 e. The van der Waals surface area contributed by atoms with Crippen LogP contribution in [0, 0.1) is 18.3 Å². The number of hydrogen-bond acceptors (Lipinski definition) is 7. The third kappa shape index (κ3) is 5.80. The molecule has 0 bridgehead atoms. The molecule has 4 rings (SSSR count). The Morgan fingerprint density at radius 1 is 1.26 bits per heavy atom. The molecule has 9 heteroatoms. The highest BCUT2D eigenvalue weighted by atomic mass is 32.2. The van der Waals surface area contributed by atoms with Gasteiger partial charge in [-0.2, -0.15) is 5.26 Å². The number of nitriles is 1. The number of carbonyl (C=O) groups excluding carboxylic acids is 1. The molecule has 0 radical (unpaired) electrons. The van der Waals surface area contributed by atoms with Gasteiger partial charge in [-0.3, -0.25) is 4.79 Å². The number of carbonyl (C=O) groups is 1. The van der Waals surface area contributed by atoms with E-state index in [1.165, 1.54) is 29.5 Å². The van der Waals surface area contributed by atoms with E-state index < -0.39 is 0 Å². The minimum absolute atomic E-state index is 0.140. The Morgan fingerprint density at radius 2 is 2.09 bits per heavy atom. The van der Waals surface area contributed by atoms with Crippen LogP contribution in [0.25, 0.3) is 0 Å². The minimum Gasteiger partial charge on any atom is -0.486 e. The number of anilines is 1. The first-order chi connectivity index (χ1) is 16.6. The average molecular weight is 496 g/mol. The van der Waals surface area contributed by atoms with Crippen LogP contribution in [0.1, 0.15) is 60.0 Å². The summed E-state index contributed by atoms with van der Waals surface area (Å²) in [7, 11) is 0. The van der Waals surface area contributed by atoms with Crippen LogP contribution in [0.4, 0.5) is 5.00 Å². The quantitative estimate of drug-likeness (QED) is 0.414. The first kappa shape index (κ1) is 24.3. The van der Waals surface area contributed by atoms with E-state index in [9.17, 15) is 10.1 Å². The molecule has 178 valence electrons. The van der Waals surface area contributed by atoms with Gasteiger partial charge in [0.2, 0.25) is 5.91 Å². The van der Waals surface area contributed by atoms with Crippen molar-refractivity contribution in [2.75, 3.05) is 11.1 Å². The summed E-state index contributed by atoms with van der Waals surface area (Å²) in [6, 6.07) is 10.2. The molecule has 7 nitrogen and oxygen atoms in total. The molecule has 1 aromatic carbocycles. The van der Waals surface area contributed by atoms with E-state index in [4.69, 9.17) is 4.74 Å². The van der Waals surface area contributed by atoms with Crippen molar-refractivity contribution in [1.82, 2.24) is 14.8 Å². The normalized spacial score (nSPS) is 13.4. The summed E-state index contributed by atoms with van der Waals surface area (Å²) in [5.41, 5.74) is 2.92. The van der Waals surface area contributed by atoms with Gasteiger partial charge in [0.25, 0.3) is 0 Å². The molecule has 0 aliphatic heterocycles. The Bertz CT molecular complexity index is 1190. The zero-order valence-corrected chi connectivity index (χ0v) is 21.2. The summed E-state index contributed by atoms with van der Waals surface area (Å²) >= 11 is 2.91. The van der Waals surface area contributed by atoms with Crippen molar-refractivity contribution in [3.05, 3.63) is 51.7 Å². The van der Waals surface area contributed by atoms with Crippen molar-refractivity contribution in [3.8, 4) is 11.8 Å². The highest BCUT2D eigenvalue weighted by molar-refractivity contribution is 7.99. The fourth-order valence-corrected chi connectivity index (χ4v) is 6.20. The van der Waals surface area contributed by atoms with Crippen LogP contribution in [-0.2, 0) is 30.8 Å². The van der Waals surface area contributed by atoms with Crippen LogP contribution in [-0.4, -0.2) is 26.4 Å². The van der Waals surface area contributed by atoms with Crippen molar-refractivity contribution < 1.29 is 9.53 Å². The number of nitrogens with zero attached hydrogens (tertiary/aromatic N) is 4. The number of nitrogens with one attached hydrogen (secondary N) is 1. The van der Waals surface area contributed by atoms with E-state index in [1.807, 2.05) is 42.7 Å². The second-order valence-corrected chi connectivity index (χ2v) is 10.4. The molecule has 0 saturated carbocycles. The van der Waals surface area contributed by atoms with Gasteiger partial charge in [0.15, 0.2) is 11.0 Å². The standard InChI is InChI=1S/C25H29N5O2S2/c1-3-30-22(15-32-18-10-8-9-17(2)13-18)28-29-25(30)33-16-23(31)27-24-20(14-26)19-11-6-4-5-7-12-21(19)34-24/h8-10,13H,3-7,11-12,15-16H2,1-2H3,(H,27,31). The topological polar surface area (TPSA) is 92.8 Å². The molecule has 1 N–H and O–H groups in total. The number of ether oxygens (including phenoxy) is 1. The smallest absolute Gasteiger partial charge is 0.235 e. The molecule has 2 aromatic heterocycles. The maximum absolute atomic E-state index is 12.7. The minimum atomic E-state index is -0.140. The van der Waals surface area contributed by atoms with E-state index >= 15 is 0 Å². The van der Waals surface area contributed by atoms with E-state index in [-0.39, 0.29) is 11.7 Å². The third-order valence-corrected chi connectivity index (χ3v) is 8.01. The van der Waals surface area contributed by atoms with Crippen molar-refractivity contribution in [2.45, 2.75) is 70.7 Å². The largest absolute Gasteiger partial charge is 0.486 e. The number of thioether (sulfide) groups is 1. The number of aromatic nitrogens is 3. The zero-order valence-electron chi connectivity index (χ0n) is 19.6. The van der Waals surface area contributed by atoms with Crippen molar-refractivity contribution in [3.63, 3.8) is 0 Å². The number of aryl methyl sites for hydroxylation is 2. The van der Waals surface area contributed by atoms with Gasteiger partial charge in [0.05, 0.1) is 11.3 Å². The van der Waals surface area contributed by atoms with Gasteiger partial charge < -0.3 is 14.6 Å². The van der Waals surface area contributed by atoms with Gasteiger partial charge in [-0.1, -0.05) is 36.7 Å². The second kappa shape index (κ2) is 11.5. The molecule has 34 heavy (non-hydrogen) atoms. The molecule has 0 saturated heterocycles. The van der Waals surface area contributed by atoms with Crippen LogP contribution in [0.2, 0.25) is 0 Å². The second-order valence-electron chi connectivity index (χ2n) is 8.32. The van der Waals surface area contributed by atoms with Crippen LogP contribution < -0.4 is 10.1 Å². The fourth-order valence-electron chi connectivity index (χ4n) is 4.12. The van der Waals surface area contributed by atoms with Crippen molar-refractivity contribution in [1.29, 1.82) is 5.26 Å². The molecule has 1 amide bonds. The molecule has 0 fully saturated rings. The summed E-state index contributed by atoms with van der Waals surface area (Å²) in [4.78, 5) is 14.0. The first-order valence-electron chi connectivity index (χ1n) is 11.7. The van der Waals surface area contributed by atoms with Gasteiger partial charge in [-0.05, 0) is 62.8 Å². The maximum atomic E-state index is 12.7. The SMILES string of the molecule is CCn1c(COc2cccc(C)c2)nnc1SCC(=O)Nc1sc2c(c1C#N)CCCCCC2. The van der Waals surface area contributed by atoms with Gasteiger partial charge in [-0.25, -0.2) is 0 Å². The number of thiophene rings is 1. The number of benzene rings is 1. The molecule has 0 unspecified atom stereocenters. The van der Waals surface area contributed by atoms with Crippen LogP contribution >= 0.6 is 23.1 Å². The predicted octanol–water partition coefficient (Wildman–Crippen LogP) is 5.51. The van der Waals surface area contributed by atoms with Gasteiger partial charge in [0.1, 0.15) is 23.4 Å². The van der Waals surface area contributed by atoms with Gasteiger partial charge in [-0.15, -0.1) is 21.5 Å². The van der Waals surface area contributed by atoms with Crippen LogP contribution in [0.15, 0.2) is 29.4 Å². The lowest BCUT2D eigenvalue weighted by Gasteiger charge is -2.09. The third-order valence-electron chi connectivity index (χ3n) is 5.84. The predicted molar refractivity (Wildman–Crippen MR) is 135 cm³/mol. The molecule has 1 aliphatic carbocycles. The first-order valence-corrected chi connectivity index (χ1v) is 13.5. The lowest BCUT2D eigenvalue weighted by Crippen LogP contribution is -2.15. The summed E-state index contributed by atoms with van der Waals surface area (Å²) in [6.45, 7) is 5.03. The number of rotatable bonds is 8. The highest BCUT2D eigenvalue weighted by Crippen LogP contribution is 2.36. The van der Waals surface area contributed by atoms with E-state index in [1.54, 1.807) is 11.3 Å². The molecular weight excluding hydrogens is 466 g/mol. The van der Waals surface area contributed by atoms with Crippen molar-refractivity contribution in [2.24, 2.45) is 0 Å². The number of fused-ring (bicyclic) bond motifs is 1. The number of hydrogen-bond donors (Lipinski definition) is 1. The molecule has 0 spiro atoms. The summed E-state index contributed by atoms with van der Waals surface area (Å²) in [6.07, 6.45) is 6.59. The summed E-state index contributed by atoms with van der Waals surface area (Å²) < 4.78 is 7.84. The Labute approximate surface area is 208 Å². The Kier molecular flexibility index (Phi) is 8.25. The van der Waals surface area contributed by atoms with Crippen molar-refractivity contribution >= 4 is 34.0 Å². The molecular formula is C25H29N5O2S2. The zero-order chi connectivity index (χ0) is 23.9. The lowest BCUT2D eigenvalue weighted by atomic mass is 9.97. The Balaban J connectivity index is 1.38. The molecule has 0 atom stereocenters. The van der Waals surface area contributed by atoms with E-state index in [0.717, 1.165) is 48.4 Å². The highest BCUT2D eigenvalue weighted by Gasteiger charge is 2.21. The van der Waals surface area contributed by atoms with Gasteiger partial charge >= 0.3 is 0 Å². The average Bonchev–Trinajstić information content (AvgIpc) is 3.35. The Morgan fingerprint density at radius 3 is 2.85 bits per heavy atom. The summed E-state index contributed by atoms with van der Waals surface area (Å²) in [5.74, 6) is 1.57.